The van der Waals surface area contributed by atoms with E-state index in [1.807, 2.05) is 6.92 Å². The summed E-state index contributed by atoms with van der Waals surface area (Å²) in [5.41, 5.74) is 1.61. The summed E-state index contributed by atoms with van der Waals surface area (Å²) in [4.78, 5) is 1.06. The van der Waals surface area contributed by atoms with E-state index in [-0.39, 0.29) is 6.04 Å². The van der Waals surface area contributed by atoms with Crippen LogP contribution in [0.15, 0.2) is 18.2 Å². The molecule has 0 aliphatic carbocycles. The van der Waals surface area contributed by atoms with Crippen LogP contribution < -0.4 is 5.32 Å². The third-order valence-electron chi connectivity index (χ3n) is 3.20. The van der Waals surface area contributed by atoms with Crippen LogP contribution in [0, 0.1) is 11.6 Å². The van der Waals surface area contributed by atoms with Crippen LogP contribution in [-0.2, 0) is 12.8 Å². The summed E-state index contributed by atoms with van der Waals surface area (Å²) in [6.45, 7) is 4.87. The van der Waals surface area contributed by atoms with Gasteiger partial charge in [0, 0.05) is 12.1 Å². The molecule has 0 amide bonds. The van der Waals surface area contributed by atoms with Crippen LogP contribution in [-0.4, -0.2) is 16.1 Å². The van der Waals surface area contributed by atoms with Crippen LogP contribution in [0.25, 0.3) is 0 Å². The summed E-state index contributed by atoms with van der Waals surface area (Å²) in [7, 11) is 0. The number of aromatic nitrogens is 2. The first kappa shape index (κ1) is 16.0. The molecule has 1 atom stereocenters. The molecule has 0 bridgehead atoms. The minimum Gasteiger partial charge on any atom is -0.309 e. The molecule has 1 aromatic heterocycles. The zero-order valence-corrected chi connectivity index (χ0v) is 13.0. The predicted octanol–water partition coefficient (Wildman–Crippen LogP) is 3.66. The van der Waals surface area contributed by atoms with Gasteiger partial charge in [-0.1, -0.05) is 24.8 Å². The van der Waals surface area contributed by atoms with E-state index in [1.54, 1.807) is 0 Å². The monoisotopic (exact) mass is 311 g/mol. The topological polar surface area (TPSA) is 37.8 Å². The standard InChI is InChI=1S/C15H19F2N3S/c1-3-5-13-15(21-20-19-13)14(18-4-2)8-10-6-11(16)9-12(17)7-10/h6-7,9,14,18H,3-5,8H2,1-2H3. The molecule has 1 unspecified atom stereocenters. The van der Waals surface area contributed by atoms with Crippen molar-refractivity contribution in [3.63, 3.8) is 0 Å². The number of nitrogens with one attached hydrogen (secondary N) is 1. The van der Waals surface area contributed by atoms with Gasteiger partial charge in [0.15, 0.2) is 0 Å². The molecule has 2 rings (SSSR count). The Balaban J connectivity index is 2.24. The summed E-state index contributed by atoms with van der Waals surface area (Å²) >= 11 is 1.35. The first-order valence-electron chi connectivity index (χ1n) is 7.13. The fraction of sp³-hybridized carbons (Fsp3) is 0.467. The lowest BCUT2D eigenvalue weighted by Crippen LogP contribution is -2.23. The molecule has 6 heteroatoms. The average Bonchev–Trinajstić information content (AvgIpc) is 2.86. The van der Waals surface area contributed by atoms with Gasteiger partial charge >= 0.3 is 0 Å². The molecular weight excluding hydrogens is 292 g/mol. The van der Waals surface area contributed by atoms with Crippen molar-refractivity contribution in [2.45, 2.75) is 39.2 Å². The third kappa shape index (κ3) is 4.28. The van der Waals surface area contributed by atoms with E-state index in [9.17, 15) is 8.78 Å². The number of likely N-dealkylation sites (N-methyl/N-ethyl adjacent to an activating group) is 1. The van der Waals surface area contributed by atoms with Crippen molar-refractivity contribution in [2.75, 3.05) is 6.54 Å². The first-order chi connectivity index (χ1) is 10.1. The van der Waals surface area contributed by atoms with Crippen molar-refractivity contribution in [1.29, 1.82) is 0 Å². The van der Waals surface area contributed by atoms with E-state index in [2.05, 4.69) is 21.8 Å². The summed E-state index contributed by atoms with van der Waals surface area (Å²) in [6, 6.07) is 3.63. The highest BCUT2D eigenvalue weighted by Gasteiger charge is 2.19. The van der Waals surface area contributed by atoms with Gasteiger partial charge in [-0.2, -0.15) is 0 Å². The van der Waals surface area contributed by atoms with Crippen LogP contribution in [0.3, 0.4) is 0 Å². The molecule has 0 radical (unpaired) electrons. The maximum absolute atomic E-state index is 13.3. The van der Waals surface area contributed by atoms with Gasteiger partial charge in [0.05, 0.1) is 10.6 Å². The van der Waals surface area contributed by atoms with Crippen molar-refractivity contribution in [3.8, 4) is 0 Å². The maximum Gasteiger partial charge on any atom is 0.126 e. The summed E-state index contributed by atoms with van der Waals surface area (Å²) in [6.07, 6.45) is 2.38. The third-order valence-corrected chi connectivity index (χ3v) is 4.08. The Morgan fingerprint density at radius 3 is 2.52 bits per heavy atom. The van der Waals surface area contributed by atoms with Gasteiger partial charge in [-0.3, -0.25) is 0 Å². The van der Waals surface area contributed by atoms with Gasteiger partial charge in [-0.05, 0) is 48.6 Å². The molecule has 2 aromatic rings. The molecular formula is C15H19F2N3S. The van der Waals surface area contributed by atoms with Crippen LogP contribution in [0.4, 0.5) is 8.78 Å². The van der Waals surface area contributed by atoms with E-state index >= 15 is 0 Å². The van der Waals surface area contributed by atoms with Gasteiger partial charge in [-0.25, -0.2) is 8.78 Å². The van der Waals surface area contributed by atoms with Crippen molar-refractivity contribution in [1.82, 2.24) is 14.9 Å². The molecule has 0 fully saturated rings. The highest BCUT2D eigenvalue weighted by atomic mass is 32.1. The molecule has 0 saturated carbocycles. The van der Waals surface area contributed by atoms with E-state index in [0.29, 0.717) is 12.0 Å². The summed E-state index contributed by atoms with van der Waals surface area (Å²) < 4.78 is 30.7. The molecule has 114 valence electrons. The number of rotatable bonds is 7. The molecule has 1 N–H and O–H groups in total. The fourth-order valence-electron chi connectivity index (χ4n) is 2.36. The second kappa shape index (κ2) is 7.56. The Hall–Kier alpha value is -1.40. The Morgan fingerprint density at radius 1 is 1.19 bits per heavy atom. The van der Waals surface area contributed by atoms with E-state index in [1.165, 1.54) is 23.7 Å². The Kier molecular flexibility index (Phi) is 5.76. The molecule has 0 aliphatic heterocycles. The number of nitrogens with zero attached hydrogens (tertiary/aromatic N) is 2. The van der Waals surface area contributed by atoms with E-state index < -0.39 is 11.6 Å². The number of aryl methyl sites for hydroxylation is 1. The van der Waals surface area contributed by atoms with Crippen molar-refractivity contribution in [3.05, 3.63) is 46.0 Å². The number of benzene rings is 1. The number of hydrogen-bond acceptors (Lipinski definition) is 4. The quantitative estimate of drug-likeness (QED) is 0.848. The largest absolute Gasteiger partial charge is 0.309 e. The highest BCUT2D eigenvalue weighted by molar-refractivity contribution is 7.05. The lowest BCUT2D eigenvalue weighted by molar-refractivity contribution is 0.540. The molecule has 0 saturated heterocycles. The Labute approximate surface area is 127 Å². The van der Waals surface area contributed by atoms with Gasteiger partial charge in [-0.15, -0.1) is 5.10 Å². The van der Waals surface area contributed by atoms with Crippen LogP contribution >= 0.6 is 11.5 Å². The zero-order chi connectivity index (χ0) is 15.2. The number of hydrogen-bond donors (Lipinski definition) is 1. The molecule has 1 heterocycles. The molecule has 0 aliphatic rings. The van der Waals surface area contributed by atoms with Gasteiger partial charge in [0.1, 0.15) is 11.6 Å². The van der Waals surface area contributed by atoms with Crippen LogP contribution in [0.5, 0.6) is 0 Å². The summed E-state index contributed by atoms with van der Waals surface area (Å²) in [5.74, 6) is -1.09. The molecule has 0 spiro atoms. The zero-order valence-electron chi connectivity index (χ0n) is 12.2. The molecule has 21 heavy (non-hydrogen) atoms. The average molecular weight is 311 g/mol. The van der Waals surface area contributed by atoms with Crippen molar-refractivity contribution < 1.29 is 8.78 Å². The minimum absolute atomic E-state index is 0.0160. The Morgan fingerprint density at radius 2 is 1.90 bits per heavy atom. The lowest BCUT2D eigenvalue weighted by Gasteiger charge is -2.17. The molecule has 3 nitrogen and oxygen atoms in total. The highest BCUT2D eigenvalue weighted by Crippen LogP contribution is 2.25. The number of halogens is 2. The van der Waals surface area contributed by atoms with Gasteiger partial charge in [0.2, 0.25) is 0 Å². The SMILES string of the molecule is CCCc1nnsc1C(Cc1cc(F)cc(F)c1)NCC. The minimum atomic E-state index is -0.545. The van der Waals surface area contributed by atoms with Crippen molar-refractivity contribution >= 4 is 11.5 Å². The van der Waals surface area contributed by atoms with E-state index in [0.717, 1.165) is 36.0 Å². The normalized spacial score (nSPS) is 12.6. The molecule has 1 aromatic carbocycles. The predicted molar refractivity (Wildman–Crippen MR) is 80.4 cm³/mol. The first-order valence-corrected chi connectivity index (χ1v) is 7.90. The van der Waals surface area contributed by atoms with Gasteiger partial charge in [0.25, 0.3) is 0 Å². The fourth-order valence-corrected chi connectivity index (χ4v) is 3.13. The second-order valence-electron chi connectivity index (χ2n) is 4.93. The lowest BCUT2D eigenvalue weighted by atomic mass is 10.0. The smallest absolute Gasteiger partial charge is 0.126 e. The second-order valence-corrected chi connectivity index (χ2v) is 5.71. The van der Waals surface area contributed by atoms with Crippen molar-refractivity contribution in [2.24, 2.45) is 0 Å². The Bertz CT molecular complexity index is 566. The van der Waals surface area contributed by atoms with Gasteiger partial charge < -0.3 is 5.32 Å². The maximum atomic E-state index is 13.3. The summed E-state index contributed by atoms with van der Waals surface area (Å²) in [5, 5.41) is 7.52. The van der Waals surface area contributed by atoms with E-state index in [4.69, 9.17) is 0 Å². The van der Waals surface area contributed by atoms with Crippen LogP contribution in [0.1, 0.15) is 42.4 Å². The van der Waals surface area contributed by atoms with Crippen LogP contribution in [0.2, 0.25) is 0 Å².